The number of carbonyl (C=O) groups excluding carboxylic acids is 2. The number of halogens is 1. The molecule has 1 atom stereocenters. The molecule has 2 N–H and O–H groups in total. The molecule has 0 fully saturated rings. The summed E-state index contributed by atoms with van der Waals surface area (Å²) in [5.41, 5.74) is 4.16. The van der Waals surface area contributed by atoms with Crippen LogP contribution in [0.25, 0.3) is 0 Å². The van der Waals surface area contributed by atoms with E-state index in [1.165, 1.54) is 24.4 Å². The number of hydrogen-bond acceptors (Lipinski definition) is 6. The van der Waals surface area contributed by atoms with E-state index in [0.29, 0.717) is 11.3 Å². The van der Waals surface area contributed by atoms with E-state index in [9.17, 15) is 18.0 Å². The minimum Gasteiger partial charge on any atom is -0.484 e. The summed E-state index contributed by atoms with van der Waals surface area (Å²) >= 11 is 6.28. The van der Waals surface area contributed by atoms with Gasteiger partial charge in [0, 0.05) is 0 Å². The van der Waals surface area contributed by atoms with Gasteiger partial charge in [0.1, 0.15) is 12.3 Å². The van der Waals surface area contributed by atoms with E-state index in [1.807, 2.05) is 37.3 Å². The predicted octanol–water partition coefficient (Wildman–Crippen LogP) is 4.94. The molecule has 0 radical (unpaired) electrons. The molecule has 4 rings (SSSR count). The first-order chi connectivity index (χ1) is 20.2. The van der Waals surface area contributed by atoms with Crippen molar-refractivity contribution < 1.29 is 22.7 Å². The average Bonchev–Trinajstić information content (AvgIpc) is 3.00. The Kier molecular flexibility index (Phi) is 10.3. The van der Waals surface area contributed by atoms with Crippen LogP contribution in [0.4, 0.5) is 5.69 Å². The number of nitrogens with zero attached hydrogens (tertiary/aromatic N) is 2. The molecule has 0 heterocycles. The van der Waals surface area contributed by atoms with Crippen LogP contribution in [0.5, 0.6) is 5.75 Å². The van der Waals surface area contributed by atoms with Crippen molar-refractivity contribution in [2.45, 2.75) is 17.9 Å². The van der Waals surface area contributed by atoms with Crippen molar-refractivity contribution in [3.8, 4) is 5.75 Å². The molecule has 0 aromatic heterocycles. The van der Waals surface area contributed by atoms with Crippen LogP contribution in [0.15, 0.2) is 119 Å². The number of rotatable bonds is 12. The molecule has 0 bridgehead atoms. The summed E-state index contributed by atoms with van der Waals surface area (Å²) in [6, 6.07) is 30.4. The minimum absolute atomic E-state index is 0.0201. The maximum atomic E-state index is 13.4. The molecular weight excluding hydrogens is 576 g/mol. The lowest BCUT2D eigenvalue weighted by Crippen LogP contribution is -2.39. The number of benzene rings is 4. The van der Waals surface area contributed by atoms with Crippen molar-refractivity contribution in [3.63, 3.8) is 0 Å². The molecule has 216 valence electrons. The summed E-state index contributed by atoms with van der Waals surface area (Å²) in [5, 5.41) is 7.01. The lowest BCUT2D eigenvalue weighted by atomic mass is 10.1. The van der Waals surface area contributed by atoms with Crippen molar-refractivity contribution in [2.24, 2.45) is 5.10 Å². The molecule has 4 aromatic rings. The number of amides is 2. The van der Waals surface area contributed by atoms with Crippen LogP contribution >= 0.6 is 11.6 Å². The van der Waals surface area contributed by atoms with Crippen molar-refractivity contribution in [1.29, 1.82) is 0 Å². The van der Waals surface area contributed by atoms with Gasteiger partial charge in [-0.1, -0.05) is 72.3 Å². The van der Waals surface area contributed by atoms with Crippen LogP contribution in [0.1, 0.15) is 24.1 Å². The molecule has 11 heteroatoms. The number of nitrogens with one attached hydrogen (secondary N) is 2. The summed E-state index contributed by atoms with van der Waals surface area (Å²) in [5.74, 6) is -0.429. The maximum Gasteiger partial charge on any atom is 0.264 e. The van der Waals surface area contributed by atoms with E-state index in [0.717, 1.165) is 9.87 Å². The number of para-hydroxylation sites is 1. The van der Waals surface area contributed by atoms with E-state index < -0.39 is 22.5 Å². The highest BCUT2D eigenvalue weighted by atomic mass is 35.5. The van der Waals surface area contributed by atoms with Crippen LogP contribution in [0.2, 0.25) is 5.02 Å². The normalized spacial score (nSPS) is 12.0. The molecule has 0 aliphatic heterocycles. The summed E-state index contributed by atoms with van der Waals surface area (Å²) < 4.78 is 33.3. The molecule has 9 nitrogen and oxygen atoms in total. The Balaban J connectivity index is 1.32. The van der Waals surface area contributed by atoms with Gasteiger partial charge >= 0.3 is 0 Å². The van der Waals surface area contributed by atoms with E-state index in [-0.39, 0.29) is 34.2 Å². The van der Waals surface area contributed by atoms with Gasteiger partial charge in [-0.15, -0.1) is 0 Å². The van der Waals surface area contributed by atoms with Gasteiger partial charge < -0.3 is 10.1 Å². The molecular formula is C31H29ClN4O5S. The predicted molar refractivity (Wildman–Crippen MR) is 163 cm³/mol. The van der Waals surface area contributed by atoms with Crippen molar-refractivity contribution in [3.05, 3.63) is 125 Å². The zero-order chi connectivity index (χ0) is 30.0. The summed E-state index contributed by atoms with van der Waals surface area (Å²) in [6.45, 7) is 1.21. The summed E-state index contributed by atoms with van der Waals surface area (Å²) in [4.78, 5) is 25.0. The fourth-order valence-electron chi connectivity index (χ4n) is 3.93. The molecule has 0 saturated carbocycles. The van der Waals surface area contributed by atoms with Crippen LogP contribution in [0.3, 0.4) is 0 Å². The molecule has 0 spiro atoms. The molecule has 0 unspecified atom stereocenters. The topological polar surface area (TPSA) is 117 Å². The van der Waals surface area contributed by atoms with Crippen LogP contribution in [-0.2, 0) is 19.6 Å². The first-order valence-electron chi connectivity index (χ1n) is 13.0. The second-order valence-corrected chi connectivity index (χ2v) is 11.4. The quantitative estimate of drug-likeness (QED) is 0.175. The van der Waals surface area contributed by atoms with Gasteiger partial charge in [-0.25, -0.2) is 13.8 Å². The third kappa shape index (κ3) is 8.18. The Hall–Kier alpha value is -4.67. The van der Waals surface area contributed by atoms with E-state index in [2.05, 4.69) is 15.8 Å². The second kappa shape index (κ2) is 14.3. The largest absolute Gasteiger partial charge is 0.484 e. The zero-order valence-electron chi connectivity index (χ0n) is 22.7. The monoisotopic (exact) mass is 604 g/mol. The van der Waals surface area contributed by atoms with Gasteiger partial charge in [-0.3, -0.25) is 13.9 Å². The first kappa shape index (κ1) is 30.3. The smallest absolute Gasteiger partial charge is 0.264 e. The Morgan fingerprint density at radius 3 is 2.17 bits per heavy atom. The lowest BCUT2D eigenvalue weighted by molar-refractivity contribution is -0.123. The summed E-state index contributed by atoms with van der Waals surface area (Å²) in [7, 11) is -4.09. The fourth-order valence-corrected chi connectivity index (χ4v) is 5.67. The molecule has 2 amide bonds. The third-order valence-electron chi connectivity index (χ3n) is 6.07. The fraction of sp³-hybridized carbons (Fsp3) is 0.129. The Morgan fingerprint density at radius 2 is 1.50 bits per heavy atom. The highest BCUT2D eigenvalue weighted by Gasteiger charge is 2.28. The highest BCUT2D eigenvalue weighted by Crippen LogP contribution is 2.30. The van der Waals surface area contributed by atoms with Gasteiger partial charge in [0.15, 0.2) is 6.61 Å². The zero-order valence-corrected chi connectivity index (χ0v) is 24.3. The van der Waals surface area contributed by atoms with Crippen molar-refractivity contribution in [2.75, 3.05) is 17.5 Å². The van der Waals surface area contributed by atoms with Gasteiger partial charge in [0.25, 0.3) is 21.8 Å². The van der Waals surface area contributed by atoms with E-state index >= 15 is 0 Å². The highest BCUT2D eigenvalue weighted by molar-refractivity contribution is 7.92. The Morgan fingerprint density at radius 1 is 0.881 bits per heavy atom. The van der Waals surface area contributed by atoms with Crippen LogP contribution in [-0.4, -0.2) is 39.6 Å². The number of anilines is 1. The third-order valence-corrected chi connectivity index (χ3v) is 8.16. The molecule has 0 saturated heterocycles. The number of hydrazone groups is 1. The van der Waals surface area contributed by atoms with Crippen LogP contribution in [0, 0.1) is 0 Å². The summed E-state index contributed by atoms with van der Waals surface area (Å²) in [6.07, 6.45) is 1.40. The lowest BCUT2D eigenvalue weighted by Gasteiger charge is -2.24. The number of carbonyl (C=O) groups is 2. The molecule has 0 aliphatic rings. The minimum atomic E-state index is -4.09. The van der Waals surface area contributed by atoms with Crippen molar-refractivity contribution >= 4 is 45.3 Å². The number of hydrogen-bond donors (Lipinski definition) is 2. The molecule has 0 aliphatic carbocycles. The van der Waals surface area contributed by atoms with Gasteiger partial charge in [0.2, 0.25) is 0 Å². The number of sulfonamides is 1. The van der Waals surface area contributed by atoms with Crippen molar-refractivity contribution in [1.82, 2.24) is 10.7 Å². The maximum absolute atomic E-state index is 13.4. The van der Waals surface area contributed by atoms with E-state index in [1.54, 1.807) is 60.7 Å². The van der Waals surface area contributed by atoms with Gasteiger partial charge in [-0.05, 0) is 66.6 Å². The SMILES string of the molecule is C[C@H](NC(=O)COc1ccc(/C=N\NC(=O)CN(c2ccccc2Cl)S(=O)(=O)c2ccccc2)cc1)c1ccccc1. The van der Waals surface area contributed by atoms with Crippen LogP contribution < -0.4 is 19.8 Å². The molecule has 42 heavy (non-hydrogen) atoms. The second-order valence-electron chi connectivity index (χ2n) is 9.13. The standard InChI is InChI=1S/C31H29ClN4O5S/c1-23(25-10-4-2-5-11-25)34-31(38)22-41-26-18-16-24(17-19-26)20-33-35-30(37)21-36(29-15-9-8-14-28(29)32)42(39,40)27-12-6-3-7-13-27/h2-20,23H,21-22H2,1H3,(H,34,38)(H,35,37)/b33-20-/t23-/m0/s1. The molecule has 4 aromatic carbocycles. The number of ether oxygens (including phenoxy) is 1. The first-order valence-corrected chi connectivity index (χ1v) is 14.8. The van der Waals surface area contributed by atoms with E-state index in [4.69, 9.17) is 16.3 Å². The van der Waals surface area contributed by atoms with Gasteiger partial charge in [-0.2, -0.15) is 5.10 Å². The Bertz CT molecular complexity index is 1630. The van der Waals surface area contributed by atoms with Gasteiger partial charge in [0.05, 0.1) is 27.9 Å². The Labute approximate surface area is 249 Å². The average molecular weight is 605 g/mol.